The topological polar surface area (TPSA) is 65.2 Å². The van der Waals surface area contributed by atoms with Gasteiger partial charge in [0, 0.05) is 4.88 Å². The highest BCUT2D eigenvalue weighted by atomic mass is 32.1. The Balaban J connectivity index is 1.99. The number of ether oxygens (including phenoxy) is 1. The van der Waals surface area contributed by atoms with Gasteiger partial charge in [0.15, 0.2) is 5.69 Å². The van der Waals surface area contributed by atoms with Gasteiger partial charge in [-0.15, -0.1) is 11.3 Å². The number of rotatable bonds is 2. The van der Waals surface area contributed by atoms with E-state index < -0.39 is 5.97 Å². The summed E-state index contributed by atoms with van der Waals surface area (Å²) < 4.78 is 4.66. The number of fused-ring (bicyclic) bond motifs is 1. The number of hydrogen-bond acceptors (Lipinski definition) is 6. The number of esters is 1. The quantitative estimate of drug-likeness (QED) is 0.859. The normalized spacial score (nSPS) is 13.6. The SMILES string of the molecule is COC(=O)c1nc(-c2cc3c(s2)CCC3)sc1N. The van der Waals surface area contributed by atoms with E-state index in [1.165, 1.54) is 35.3 Å². The molecule has 0 saturated carbocycles. The summed E-state index contributed by atoms with van der Waals surface area (Å²) >= 11 is 3.10. The molecule has 0 fully saturated rings. The summed E-state index contributed by atoms with van der Waals surface area (Å²) in [7, 11) is 1.33. The van der Waals surface area contributed by atoms with Crippen molar-refractivity contribution in [2.24, 2.45) is 0 Å². The van der Waals surface area contributed by atoms with Crippen molar-refractivity contribution in [1.29, 1.82) is 0 Å². The third-order valence-corrected chi connectivity index (χ3v) is 5.28. The first kappa shape index (κ1) is 11.7. The lowest BCUT2D eigenvalue weighted by Gasteiger charge is -1.93. The Kier molecular flexibility index (Phi) is 2.83. The number of carbonyl (C=O) groups is 1. The Morgan fingerprint density at radius 2 is 2.28 bits per heavy atom. The molecule has 2 aromatic rings. The van der Waals surface area contributed by atoms with Gasteiger partial charge in [0.25, 0.3) is 0 Å². The number of carbonyl (C=O) groups excluding carboxylic acids is 1. The van der Waals surface area contributed by atoms with Crippen molar-refractivity contribution in [3.63, 3.8) is 0 Å². The van der Waals surface area contributed by atoms with Crippen LogP contribution in [-0.2, 0) is 17.6 Å². The van der Waals surface area contributed by atoms with Crippen LogP contribution < -0.4 is 5.73 Å². The standard InChI is InChI=1S/C12H12N2O2S2/c1-16-12(15)9-10(13)18-11(14-9)8-5-6-3-2-4-7(6)17-8/h5H,2-4,13H2,1H3. The van der Waals surface area contributed by atoms with Crippen molar-refractivity contribution in [3.8, 4) is 9.88 Å². The summed E-state index contributed by atoms with van der Waals surface area (Å²) in [6, 6.07) is 2.17. The number of aromatic nitrogens is 1. The van der Waals surface area contributed by atoms with Gasteiger partial charge in [-0.1, -0.05) is 11.3 Å². The van der Waals surface area contributed by atoms with Gasteiger partial charge in [0.05, 0.1) is 12.0 Å². The molecule has 1 aliphatic carbocycles. The van der Waals surface area contributed by atoms with E-state index in [0.29, 0.717) is 5.00 Å². The van der Waals surface area contributed by atoms with Crippen LogP contribution in [0.3, 0.4) is 0 Å². The number of nitrogens with zero attached hydrogens (tertiary/aromatic N) is 1. The molecule has 2 heterocycles. The Labute approximate surface area is 112 Å². The van der Waals surface area contributed by atoms with Crippen LogP contribution in [0.1, 0.15) is 27.3 Å². The lowest BCUT2D eigenvalue weighted by molar-refractivity contribution is 0.0596. The summed E-state index contributed by atoms with van der Waals surface area (Å²) in [5.41, 5.74) is 7.45. The molecular weight excluding hydrogens is 268 g/mol. The van der Waals surface area contributed by atoms with Crippen LogP contribution in [0, 0.1) is 0 Å². The van der Waals surface area contributed by atoms with Crippen LogP contribution in [0.2, 0.25) is 0 Å². The van der Waals surface area contributed by atoms with Crippen LogP contribution in [0.4, 0.5) is 5.00 Å². The predicted octanol–water partition coefficient (Wildman–Crippen LogP) is 2.73. The number of nitrogens with two attached hydrogens (primary N) is 1. The molecule has 0 unspecified atom stereocenters. The first-order chi connectivity index (χ1) is 8.69. The number of thiazole rings is 1. The van der Waals surface area contributed by atoms with E-state index in [-0.39, 0.29) is 5.69 Å². The highest BCUT2D eigenvalue weighted by Gasteiger charge is 2.21. The van der Waals surface area contributed by atoms with Gasteiger partial charge in [-0.25, -0.2) is 9.78 Å². The maximum Gasteiger partial charge on any atom is 0.359 e. The molecular formula is C12H12N2O2S2. The molecule has 6 heteroatoms. The summed E-state index contributed by atoms with van der Waals surface area (Å²) in [5.74, 6) is -0.473. The summed E-state index contributed by atoms with van der Waals surface area (Å²) in [4.78, 5) is 18.3. The lowest BCUT2D eigenvalue weighted by atomic mass is 10.2. The zero-order valence-corrected chi connectivity index (χ0v) is 11.5. The van der Waals surface area contributed by atoms with Gasteiger partial charge < -0.3 is 10.5 Å². The fourth-order valence-electron chi connectivity index (χ4n) is 2.11. The molecule has 0 aromatic carbocycles. The minimum Gasteiger partial charge on any atom is -0.464 e. The first-order valence-electron chi connectivity index (χ1n) is 5.65. The number of hydrogen-bond donors (Lipinski definition) is 1. The van der Waals surface area contributed by atoms with Crippen LogP contribution in [0.25, 0.3) is 9.88 Å². The summed E-state index contributed by atoms with van der Waals surface area (Å²) in [5, 5.41) is 1.23. The Hall–Kier alpha value is -1.40. The Bertz CT molecular complexity index is 594. The molecule has 2 N–H and O–H groups in total. The largest absolute Gasteiger partial charge is 0.464 e. The maximum absolute atomic E-state index is 11.5. The zero-order chi connectivity index (χ0) is 12.7. The van der Waals surface area contributed by atoms with Gasteiger partial charge in [-0.2, -0.15) is 0 Å². The van der Waals surface area contributed by atoms with E-state index in [1.54, 1.807) is 11.3 Å². The first-order valence-corrected chi connectivity index (χ1v) is 7.29. The molecule has 3 rings (SSSR count). The molecule has 94 valence electrons. The van der Waals surface area contributed by atoms with E-state index in [4.69, 9.17) is 5.73 Å². The predicted molar refractivity (Wildman–Crippen MR) is 73.2 cm³/mol. The van der Waals surface area contributed by atoms with E-state index in [1.807, 2.05) is 0 Å². The highest BCUT2D eigenvalue weighted by Crippen LogP contribution is 2.39. The van der Waals surface area contributed by atoms with Crippen molar-refractivity contribution in [3.05, 3.63) is 22.2 Å². The second-order valence-corrected chi connectivity index (χ2v) is 6.30. The number of nitrogen functional groups attached to an aromatic ring is 1. The molecule has 1 aliphatic rings. The smallest absolute Gasteiger partial charge is 0.359 e. The van der Waals surface area contributed by atoms with E-state index in [9.17, 15) is 4.79 Å². The highest BCUT2D eigenvalue weighted by molar-refractivity contribution is 7.24. The fraction of sp³-hybridized carbons (Fsp3) is 0.333. The summed E-state index contributed by atoms with van der Waals surface area (Å²) in [6.45, 7) is 0. The van der Waals surface area contributed by atoms with Gasteiger partial charge in [0.1, 0.15) is 10.0 Å². The number of aryl methyl sites for hydroxylation is 2. The summed E-state index contributed by atoms with van der Waals surface area (Å²) in [6.07, 6.45) is 3.55. The minimum absolute atomic E-state index is 0.228. The van der Waals surface area contributed by atoms with E-state index >= 15 is 0 Å². The molecule has 0 saturated heterocycles. The minimum atomic E-state index is -0.473. The second-order valence-electron chi connectivity index (χ2n) is 4.14. The van der Waals surface area contributed by atoms with Gasteiger partial charge in [-0.3, -0.25) is 0 Å². The maximum atomic E-state index is 11.5. The molecule has 0 amide bonds. The van der Waals surface area contributed by atoms with Crippen LogP contribution in [0.15, 0.2) is 6.07 Å². The van der Waals surface area contributed by atoms with Gasteiger partial charge >= 0.3 is 5.97 Å². The van der Waals surface area contributed by atoms with Crippen molar-refractivity contribution in [2.75, 3.05) is 12.8 Å². The molecule has 0 bridgehead atoms. The average molecular weight is 280 g/mol. The average Bonchev–Trinajstić information content (AvgIpc) is 3.00. The Morgan fingerprint density at radius 3 is 3.00 bits per heavy atom. The van der Waals surface area contributed by atoms with Crippen molar-refractivity contribution in [2.45, 2.75) is 19.3 Å². The number of thiophene rings is 1. The molecule has 0 atom stereocenters. The monoisotopic (exact) mass is 280 g/mol. The molecule has 0 radical (unpaired) electrons. The molecule has 0 spiro atoms. The second kappa shape index (κ2) is 4.37. The third-order valence-electron chi connectivity index (χ3n) is 2.99. The lowest BCUT2D eigenvalue weighted by Crippen LogP contribution is -2.04. The van der Waals surface area contributed by atoms with Crippen LogP contribution in [-0.4, -0.2) is 18.1 Å². The molecule has 0 aliphatic heterocycles. The van der Waals surface area contributed by atoms with Crippen molar-refractivity contribution < 1.29 is 9.53 Å². The van der Waals surface area contributed by atoms with Crippen LogP contribution >= 0.6 is 22.7 Å². The molecule has 4 nitrogen and oxygen atoms in total. The van der Waals surface area contributed by atoms with E-state index in [2.05, 4.69) is 15.8 Å². The Morgan fingerprint density at radius 1 is 1.44 bits per heavy atom. The molecule has 2 aromatic heterocycles. The number of anilines is 1. The zero-order valence-electron chi connectivity index (χ0n) is 9.86. The van der Waals surface area contributed by atoms with Gasteiger partial charge in [-0.05, 0) is 30.9 Å². The third kappa shape index (κ3) is 1.81. The van der Waals surface area contributed by atoms with E-state index in [0.717, 1.165) is 22.7 Å². The number of methoxy groups -OCH3 is 1. The van der Waals surface area contributed by atoms with Crippen LogP contribution in [0.5, 0.6) is 0 Å². The van der Waals surface area contributed by atoms with Gasteiger partial charge in [0.2, 0.25) is 0 Å². The van der Waals surface area contributed by atoms with Crippen molar-refractivity contribution in [1.82, 2.24) is 4.98 Å². The fourth-order valence-corrected chi connectivity index (χ4v) is 4.23. The molecule has 18 heavy (non-hydrogen) atoms. The van der Waals surface area contributed by atoms with Crippen molar-refractivity contribution >= 4 is 33.6 Å².